The molecule has 0 saturated carbocycles. The molecule has 0 bridgehead atoms. The summed E-state index contributed by atoms with van der Waals surface area (Å²) in [5.74, 6) is 1.38. The van der Waals surface area contributed by atoms with Gasteiger partial charge >= 0.3 is 0 Å². The first-order valence-electron chi connectivity index (χ1n) is 8.79. The Morgan fingerprint density at radius 1 is 1.04 bits per heavy atom. The van der Waals surface area contributed by atoms with Gasteiger partial charge in [0.2, 0.25) is 10.0 Å². The van der Waals surface area contributed by atoms with Gasteiger partial charge in [-0.2, -0.15) is 0 Å². The van der Waals surface area contributed by atoms with Crippen molar-refractivity contribution >= 4 is 37.7 Å². The summed E-state index contributed by atoms with van der Waals surface area (Å²) in [7, 11) is -3.44. The van der Waals surface area contributed by atoms with Crippen molar-refractivity contribution < 1.29 is 8.42 Å². The number of aromatic nitrogens is 3. The number of rotatable bonds is 9. The van der Waals surface area contributed by atoms with Crippen molar-refractivity contribution in [3.05, 3.63) is 64.6 Å². The Balaban J connectivity index is 1.79. The van der Waals surface area contributed by atoms with Crippen molar-refractivity contribution in [1.29, 1.82) is 0 Å². The van der Waals surface area contributed by atoms with Gasteiger partial charge in [0.15, 0.2) is 11.0 Å². The van der Waals surface area contributed by atoms with Crippen LogP contribution in [0.4, 0.5) is 0 Å². The van der Waals surface area contributed by atoms with Gasteiger partial charge in [-0.3, -0.25) is 0 Å². The highest BCUT2D eigenvalue weighted by Gasteiger charge is 2.15. The number of nitrogens with zero attached hydrogens (tertiary/aromatic N) is 3. The van der Waals surface area contributed by atoms with Crippen LogP contribution in [-0.4, -0.2) is 34.7 Å². The quantitative estimate of drug-likeness (QED) is 0.372. The Labute approximate surface area is 177 Å². The predicted molar refractivity (Wildman–Crippen MR) is 117 cm³/mol. The zero-order valence-electron chi connectivity index (χ0n) is 15.2. The molecule has 2 aromatic carbocycles. The lowest BCUT2D eigenvalue weighted by molar-refractivity contribution is 0.596. The lowest BCUT2D eigenvalue weighted by atomic mass is 10.1. The third-order valence-electron chi connectivity index (χ3n) is 4.09. The molecule has 2 N–H and O–H groups in total. The highest BCUT2D eigenvalue weighted by atomic mass is 79.9. The molecule has 0 fully saturated rings. The molecular formula is C19H21BrN4O2S2. The fraction of sp³-hybridized carbons (Fsp3) is 0.263. The maximum absolute atomic E-state index is 11.1. The van der Waals surface area contributed by atoms with Crippen LogP contribution in [0.25, 0.3) is 11.4 Å². The maximum Gasteiger partial charge on any atom is 0.209 e. The van der Waals surface area contributed by atoms with Gasteiger partial charge in [0.1, 0.15) is 0 Å². The second-order valence-corrected chi connectivity index (χ2v) is 9.98. The minimum Gasteiger partial charge on any atom is -0.302 e. The first-order chi connectivity index (χ1) is 13.4. The molecule has 0 atom stereocenters. The molecule has 0 aliphatic heterocycles. The number of primary sulfonamides is 1. The minimum absolute atomic E-state index is 0.0300. The van der Waals surface area contributed by atoms with Crippen LogP contribution in [0, 0.1) is 0 Å². The van der Waals surface area contributed by atoms with E-state index < -0.39 is 10.0 Å². The van der Waals surface area contributed by atoms with Gasteiger partial charge in [-0.05, 0) is 30.5 Å². The molecular weight excluding hydrogens is 460 g/mol. The molecule has 0 radical (unpaired) electrons. The molecule has 3 rings (SSSR count). The van der Waals surface area contributed by atoms with E-state index in [1.807, 2.05) is 42.5 Å². The molecule has 0 unspecified atom stereocenters. The van der Waals surface area contributed by atoms with E-state index in [9.17, 15) is 8.42 Å². The van der Waals surface area contributed by atoms with Gasteiger partial charge in [-0.1, -0.05) is 70.2 Å². The minimum atomic E-state index is -3.44. The lowest BCUT2D eigenvalue weighted by Crippen LogP contribution is -2.16. The van der Waals surface area contributed by atoms with Crippen LogP contribution < -0.4 is 5.14 Å². The number of nitrogens with two attached hydrogens (primary N) is 1. The fourth-order valence-corrected chi connectivity index (χ4v) is 4.62. The summed E-state index contributed by atoms with van der Waals surface area (Å²) in [5, 5.41) is 14.6. The largest absolute Gasteiger partial charge is 0.302 e. The lowest BCUT2D eigenvalue weighted by Gasteiger charge is -2.10. The van der Waals surface area contributed by atoms with Gasteiger partial charge in [-0.15, -0.1) is 10.2 Å². The number of aryl methyl sites for hydroxylation is 1. The molecule has 0 spiro atoms. The molecule has 0 amide bonds. The van der Waals surface area contributed by atoms with Crippen LogP contribution in [-0.2, 0) is 23.0 Å². The Kier molecular flexibility index (Phi) is 7.28. The Morgan fingerprint density at radius 3 is 2.43 bits per heavy atom. The zero-order valence-corrected chi connectivity index (χ0v) is 18.4. The van der Waals surface area contributed by atoms with E-state index in [0.717, 1.165) is 34.0 Å². The fourth-order valence-electron chi connectivity index (χ4n) is 2.72. The molecule has 1 heterocycles. The normalized spacial score (nSPS) is 11.6. The van der Waals surface area contributed by atoms with Crippen molar-refractivity contribution in [2.24, 2.45) is 5.14 Å². The second kappa shape index (κ2) is 9.69. The molecule has 0 aliphatic carbocycles. The Bertz CT molecular complexity index is 1010. The van der Waals surface area contributed by atoms with Crippen LogP contribution in [0.15, 0.2) is 64.2 Å². The summed E-state index contributed by atoms with van der Waals surface area (Å²) in [6.07, 6.45) is 1.33. The Morgan fingerprint density at radius 2 is 1.75 bits per heavy atom. The number of hydrogen-bond donors (Lipinski definition) is 1. The molecule has 0 aliphatic rings. The van der Waals surface area contributed by atoms with Gasteiger partial charge in [-0.25, -0.2) is 13.6 Å². The highest BCUT2D eigenvalue weighted by molar-refractivity contribution is 9.10. The predicted octanol–water partition coefficient (Wildman–Crippen LogP) is 3.72. The first kappa shape index (κ1) is 21.0. The maximum atomic E-state index is 11.1. The van der Waals surface area contributed by atoms with Crippen molar-refractivity contribution in [3.63, 3.8) is 0 Å². The monoisotopic (exact) mass is 480 g/mol. The van der Waals surface area contributed by atoms with Crippen molar-refractivity contribution in [2.75, 3.05) is 11.5 Å². The van der Waals surface area contributed by atoms with Crippen LogP contribution in [0.3, 0.4) is 0 Å². The smallest absolute Gasteiger partial charge is 0.209 e. The summed E-state index contributed by atoms with van der Waals surface area (Å²) in [5.41, 5.74) is 2.23. The summed E-state index contributed by atoms with van der Waals surface area (Å²) >= 11 is 4.96. The van der Waals surface area contributed by atoms with Crippen LogP contribution >= 0.6 is 27.7 Å². The number of benzene rings is 2. The van der Waals surface area contributed by atoms with Gasteiger partial charge in [0, 0.05) is 22.3 Å². The van der Waals surface area contributed by atoms with Gasteiger partial charge < -0.3 is 4.57 Å². The standard InChI is InChI=1S/C19H21BrN4O2S2/c20-17-9-7-16(8-10-17)18-22-23-19(27-13-4-14-28(21,25)26)24(18)12-11-15-5-2-1-3-6-15/h1-3,5-10H,4,11-14H2,(H2,21,25,26). The third-order valence-corrected chi connectivity index (χ3v) is 6.53. The molecule has 0 saturated heterocycles. The van der Waals surface area contributed by atoms with Crippen molar-refractivity contribution in [2.45, 2.75) is 24.5 Å². The average Bonchev–Trinajstić information content (AvgIpc) is 3.07. The van der Waals surface area contributed by atoms with Crippen LogP contribution in [0.2, 0.25) is 0 Å². The van der Waals surface area contributed by atoms with E-state index in [2.05, 4.69) is 42.8 Å². The number of hydrogen-bond acceptors (Lipinski definition) is 5. The molecule has 1 aromatic heterocycles. The van der Waals surface area contributed by atoms with Gasteiger partial charge in [0.05, 0.1) is 5.75 Å². The topological polar surface area (TPSA) is 90.9 Å². The van der Waals surface area contributed by atoms with Crippen LogP contribution in [0.5, 0.6) is 0 Å². The van der Waals surface area contributed by atoms with Gasteiger partial charge in [0.25, 0.3) is 0 Å². The van der Waals surface area contributed by atoms with E-state index in [1.165, 1.54) is 17.3 Å². The number of halogens is 1. The molecule has 28 heavy (non-hydrogen) atoms. The van der Waals surface area contributed by atoms with E-state index in [4.69, 9.17) is 5.14 Å². The molecule has 9 heteroatoms. The Hall–Kier alpha value is -1.68. The molecule has 148 valence electrons. The summed E-state index contributed by atoms with van der Waals surface area (Å²) in [6.45, 7) is 0.736. The molecule has 3 aromatic rings. The third kappa shape index (κ3) is 6.16. The van der Waals surface area contributed by atoms with E-state index >= 15 is 0 Å². The van der Waals surface area contributed by atoms with E-state index in [-0.39, 0.29) is 5.75 Å². The van der Waals surface area contributed by atoms with E-state index in [0.29, 0.717) is 12.2 Å². The van der Waals surface area contributed by atoms with Crippen molar-refractivity contribution in [3.8, 4) is 11.4 Å². The number of thioether (sulfide) groups is 1. The van der Waals surface area contributed by atoms with Crippen molar-refractivity contribution in [1.82, 2.24) is 14.8 Å². The van der Waals surface area contributed by atoms with E-state index in [1.54, 1.807) is 0 Å². The first-order valence-corrected chi connectivity index (χ1v) is 12.3. The average molecular weight is 481 g/mol. The summed E-state index contributed by atoms with van der Waals surface area (Å²) in [4.78, 5) is 0. The SMILES string of the molecule is NS(=O)(=O)CCCSc1nnc(-c2ccc(Br)cc2)n1CCc1ccccc1. The summed E-state index contributed by atoms with van der Waals surface area (Å²) < 4.78 is 25.3. The van der Waals surface area contributed by atoms with Crippen LogP contribution in [0.1, 0.15) is 12.0 Å². The zero-order chi connectivity index (χ0) is 20.0. The second-order valence-electron chi connectivity index (χ2n) is 6.27. The highest BCUT2D eigenvalue weighted by Crippen LogP contribution is 2.26. The molecule has 6 nitrogen and oxygen atoms in total. The number of sulfonamides is 1. The summed E-state index contributed by atoms with van der Waals surface area (Å²) in [6, 6.07) is 18.2.